The molecule has 2 aromatic carbocycles. The SMILES string of the molecule is CNCCCn1c(-c2cc3ccccc3s2)c(C2=CC(=O)NC2=O)c2ccccc21. The largest absolute Gasteiger partial charge is 0.339 e. The molecule has 0 aliphatic carbocycles. The van der Waals surface area contributed by atoms with Crippen LogP contribution in [0, 0.1) is 0 Å². The molecule has 0 saturated heterocycles. The molecule has 0 spiro atoms. The number of aryl methyl sites for hydroxylation is 1. The van der Waals surface area contributed by atoms with Crippen molar-refractivity contribution in [3.05, 3.63) is 66.2 Å². The van der Waals surface area contributed by atoms with Crippen LogP contribution in [0.1, 0.15) is 12.0 Å². The Morgan fingerprint density at radius 1 is 1.07 bits per heavy atom. The van der Waals surface area contributed by atoms with Gasteiger partial charge in [0.2, 0.25) is 0 Å². The van der Waals surface area contributed by atoms with Crippen LogP contribution < -0.4 is 10.6 Å². The Labute approximate surface area is 178 Å². The summed E-state index contributed by atoms with van der Waals surface area (Å²) in [6, 6.07) is 18.6. The molecule has 0 bridgehead atoms. The maximum atomic E-state index is 12.6. The zero-order valence-corrected chi connectivity index (χ0v) is 17.4. The van der Waals surface area contributed by atoms with Crippen LogP contribution in [0.4, 0.5) is 0 Å². The molecule has 2 amide bonds. The van der Waals surface area contributed by atoms with Crippen LogP contribution in [0.25, 0.3) is 37.1 Å². The van der Waals surface area contributed by atoms with Gasteiger partial charge in [0, 0.05) is 33.8 Å². The van der Waals surface area contributed by atoms with E-state index in [-0.39, 0.29) is 11.8 Å². The van der Waals surface area contributed by atoms with Gasteiger partial charge in [-0.25, -0.2) is 0 Å². The first kappa shape index (κ1) is 18.8. The van der Waals surface area contributed by atoms with E-state index >= 15 is 0 Å². The van der Waals surface area contributed by atoms with Crippen molar-refractivity contribution in [1.29, 1.82) is 0 Å². The Morgan fingerprint density at radius 3 is 2.63 bits per heavy atom. The molecule has 150 valence electrons. The number of carbonyl (C=O) groups excluding carboxylic acids is 2. The number of thiophene rings is 1. The predicted octanol–water partition coefficient (Wildman–Crippen LogP) is 4.17. The minimum atomic E-state index is -0.357. The molecule has 1 aliphatic rings. The lowest BCUT2D eigenvalue weighted by Gasteiger charge is -2.11. The smallest absolute Gasteiger partial charge is 0.259 e. The fourth-order valence-corrected chi connectivity index (χ4v) is 5.30. The third-order valence-electron chi connectivity index (χ3n) is 5.46. The predicted molar refractivity (Wildman–Crippen MR) is 122 cm³/mol. The van der Waals surface area contributed by atoms with Crippen LogP contribution in [-0.2, 0) is 16.1 Å². The van der Waals surface area contributed by atoms with Crippen molar-refractivity contribution in [1.82, 2.24) is 15.2 Å². The first-order valence-electron chi connectivity index (χ1n) is 9.99. The van der Waals surface area contributed by atoms with Gasteiger partial charge in [-0.1, -0.05) is 36.4 Å². The number of imide groups is 1. The second kappa shape index (κ2) is 7.55. The molecule has 6 heteroatoms. The first-order valence-corrected chi connectivity index (χ1v) is 10.8. The number of aromatic nitrogens is 1. The van der Waals surface area contributed by atoms with E-state index in [9.17, 15) is 9.59 Å². The van der Waals surface area contributed by atoms with E-state index in [1.165, 1.54) is 16.2 Å². The number of nitrogens with zero attached hydrogens (tertiary/aromatic N) is 1. The van der Waals surface area contributed by atoms with Crippen molar-refractivity contribution in [2.75, 3.05) is 13.6 Å². The highest BCUT2D eigenvalue weighted by Crippen LogP contribution is 2.43. The fraction of sp³-hybridized carbons (Fsp3) is 0.167. The Morgan fingerprint density at radius 2 is 1.87 bits per heavy atom. The number of para-hydroxylation sites is 1. The number of rotatable bonds is 6. The van der Waals surface area contributed by atoms with Crippen LogP contribution in [-0.4, -0.2) is 30.0 Å². The van der Waals surface area contributed by atoms with Crippen molar-refractivity contribution in [2.45, 2.75) is 13.0 Å². The zero-order chi connectivity index (χ0) is 20.7. The van der Waals surface area contributed by atoms with E-state index < -0.39 is 0 Å². The molecule has 2 N–H and O–H groups in total. The number of hydrogen-bond acceptors (Lipinski definition) is 4. The Balaban J connectivity index is 1.82. The summed E-state index contributed by atoms with van der Waals surface area (Å²) in [6.45, 7) is 1.71. The molecular weight excluding hydrogens is 394 g/mol. The zero-order valence-electron chi connectivity index (χ0n) is 16.6. The van der Waals surface area contributed by atoms with Gasteiger partial charge in [-0.15, -0.1) is 11.3 Å². The third kappa shape index (κ3) is 3.05. The maximum Gasteiger partial charge on any atom is 0.259 e. The molecular formula is C24H21N3O2S. The van der Waals surface area contributed by atoms with Gasteiger partial charge >= 0.3 is 0 Å². The van der Waals surface area contributed by atoms with Gasteiger partial charge < -0.3 is 9.88 Å². The van der Waals surface area contributed by atoms with Gasteiger partial charge in [0.05, 0.1) is 16.1 Å². The number of amides is 2. The molecule has 30 heavy (non-hydrogen) atoms. The molecule has 0 saturated carbocycles. The second-order valence-electron chi connectivity index (χ2n) is 7.37. The molecule has 0 unspecified atom stereocenters. The minimum absolute atomic E-state index is 0.333. The van der Waals surface area contributed by atoms with Crippen molar-refractivity contribution in [3.63, 3.8) is 0 Å². The highest BCUT2D eigenvalue weighted by Gasteiger charge is 2.30. The average molecular weight is 416 g/mol. The van der Waals surface area contributed by atoms with Crippen LogP contribution in [0.5, 0.6) is 0 Å². The van der Waals surface area contributed by atoms with Gasteiger partial charge in [-0.05, 0) is 43.6 Å². The van der Waals surface area contributed by atoms with E-state index in [4.69, 9.17) is 0 Å². The molecule has 0 atom stereocenters. The Kier molecular flexibility index (Phi) is 4.73. The standard InChI is InChI=1S/C24H21N3O2S/c1-25-11-6-12-27-18-9-4-3-8-16(18)22(17-14-21(28)26-24(17)29)23(27)20-13-15-7-2-5-10-19(15)30-20/h2-5,7-10,13-14,25H,6,11-12H2,1H3,(H,26,28,29). The van der Waals surface area contributed by atoms with Crippen molar-refractivity contribution in [2.24, 2.45) is 0 Å². The van der Waals surface area contributed by atoms with Gasteiger partial charge in [0.25, 0.3) is 11.8 Å². The van der Waals surface area contributed by atoms with E-state index in [1.54, 1.807) is 11.3 Å². The highest BCUT2D eigenvalue weighted by molar-refractivity contribution is 7.22. The number of nitrogens with one attached hydrogen (secondary N) is 2. The summed E-state index contributed by atoms with van der Waals surface area (Å²) in [6.07, 6.45) is 2.38. The lowest BCUT2D eigenvalue weighted by atomic mass is 10.0. The molecule has 5 nitrogen and oxygen atoms in total. The van der Waals surface area contributed by atoms with Crippen LogP contribution in [0.15, 0.2) is 60.7 Å². The van der Waals surface area contributed by atoms with Gasteiger partial charge in [-0.2, -0.15) is 0 Å². The number of fused-ring (bicyclic) bond motifs is 2. The van der Waals surface area contributed by atoms with E-state index in [1.807, 2.05) is 37.4 Å². The Hall–Kier alpha value is -3.22. The molecule has 0 fully saturated rings. The molecule has 0 radical (unpaired) electrons. The molecule has 2 aromatic heterocycles. The third-order valence-corrected chi connectivity index (χ3v) is 6.59. The fourth-order valence-electron chi connectivity index (χ4n) is 4.17. The van der Waals surface area contributed by atoms with Crippen molar-refractivity contribution >= 4 is 49.7 Å². The number of hydrogen-bond donors (Lipinski definition) is 2. The summed E-state index contributed by atoms with van der Waals surface area (Å²) in [5.41, 5.74) is 3.36. The molecule has 4 aromatic rings. The number of carbonyl (C=O) groups is 2. The highest BCUT2D eigenvalue weighted by atomic mass is 32.1. The minimum Gasteiger partial charge on any atom is -0.339 e. The normalized spacial score (nSPS) is 14.0. The van der Waals surface area contributed by atoms with Crippen molar-refractivity contribution < 1.29 is 9.59 Å². The molecule has 5 rings (SSSR count). The second-order valence-corrected chi connectivity index (χ2v) is 8.46. The first-order chi connectivity index (χ1) is 14.7. The van der Waals surface area contributed by atoms with Crippen LogP contribution in [0.2, 0.25) is 0 Å². The lowest BCUT2D eigenvalue weighted by Crippen LogP contribution is -2.21. The summed E-state index contributed by atoms with van der Waals surface area (Å²) in [5, 5.41) is 7.79. The number of benzene rings is 2. The van der Waals surface area contributed by atoms with E-state index in [0.717, 1.165) is 46.5 Å². The lowest BCUT2D eigenvalue weighted by molar-refractivity contribution is -0.123. The van der Waals surface area contributed by atoms with Crippen LogP contribution in [0.3, 0.4) is 0 Å². The quantitative estimate of drug-likeness (QED) is 0.367. The van der Waals surface area contributed by atoms with Gasteiger partial charge in [0.15, 0.2) is 0 Å². The summed E-state index contributed by atoms with van der Waals surface area (Å²) in [4.78, 5) is 25.7. The topological polar surface area (TPSA) is 63.1 Å². The van der Waals surface area contributed by atoms with E-state index in [2.05, 4.69) is 39.5 Å². The van der Waals surface area contributed by atoms with Crippen LogP contribution >= 0.6 is 11.3 Å². The van der Waals surface area contributed by atoms with Crippen molar-refractivity contribution in [3.8, 4) is 10.6 Å². The van der Waals surface area contributed by atoms with Gasteiger partial charge in [0.1, 0.15) is 0 Å². The summed E-state index contributed by atoms with van der Waals surface area (Å²) in [7, 11) is 1.95. The molecule has 3 heterocycles. The van der Waals surface area contributed by atoms with E-state index in [0.29, 0.717) is 5.57 Å². The van der Waals surface area contributed by atoms with Gasteiger partial charge in [-0.3, -0.25) is 14.9 Å². The summed E-state index contributed by atoms with van der Waals surface area (Å²) < 4.78 is 3.50. The average Bonchev–Trinajstić information content (AvgIpc) is 3.41. The summed E-state index contributed by atoms with van der Waals surface area (Å²) >= 11 is 1.71. The Bertz CT molecular complexity index is 1300. The summed E-state index contributed by atoms with van der Waals surface area (Å²) in [5.74, 6) is -0.690. The monoisotopic (exact) mass is 415 g/mol. The molecule has 1 aliphatic heterocycles. The maximum absolute atomic E-state index is 12.6.